The maximum Gasteiger partial charge on any atom is 0.287 e. The normalized spacial score (nSPS) is 18.7. The molecule has 2 heterocycles. The first-order valence-electron chi connectivity index (χ1n) is 6.82. The maximum atomic E-state index is 10.6. The number of rotatable bonds is 5. The highest BCUT2D eigenvalue weighted by Gasteiger charge is 2.16. The molecule has 1 fully saturated rings. The van der Waals surface area contributed by atoms with Crippen molar-refractivity contribution in [3.63, 3.8) is 0 Å². The number of pyridine rings is 1. The molecule has 1 aromatic heterocycles. The summed E-state index contributed by atoms with van der Waals surface area (Å²) in [5.74, 6) is 0.678. The smallest absolute Gasteiger partial charge is 0.287 e. The minimum atomic E-state index is -0.440. The third-order valence-corrected chi connectivity index (χ3v) is 3.48. The fraction of sp³-hybridized carbons (Fsp3) is 0.615. The van der Waals surface area contributed by atoms with Crippen molar-refractivity contribution in [2.24, 2.45) is 0 Å². The largest absolute Gasteiger partial charge is 0.366 e. The topological polar surface area (TPSA) is 74.5 Å². The van der Waals surface area contributed by atoms with Crippen molar-refractivity contribution in [3.05, 3.63) is 28.4 Å². The van der Waals surface area contributed by atoms with Crippen LogP contribution >= 0.6 is 0 Å². The van der Waals surface area contributed by atoms with E-state index in [9.17, 15) is 10.1 Å². The van der Waals surface area contributed by atoms with Gasteiger partial charge in [-0.2, -0.15) is 0 Å². The van der Waals surface area contributed by atoms with Crippen LogP contribution in [-0.2, 0) is 0 Å². The van der Waals surface area contributed by atoms with Crippen LogP contribution in [0.15, 0.2) is 18.3 Å². The summed E-state index contributed by atoms with van der Waals surface area (Å²) in [6.07, 6.45) is 1.28. The van der Waals surface area contributed by atoms with E-state index in [1.165, 1.54) is 12.3 Å². The number of likely N-dealkylation sites (N-methyl/N-ethyl adjacent to an activating group) is 1. The second-order valence-electron chi connectivity index (χ2n) is 5.31. The van der Waals surface area contributed by atoms with E-state index in [0.29, 0.717) is 5.82 Å². The molecular formula is C13H21N5O2. The molecule has 1 atom stereocenters. The molecule has 7 nitrogen and oxygen atoms in total. The fourth-order valence-electron chi connectivity index (χ4n) is 2.30. The third-order valence-electron chi connectivity index (χ3n) is 3.48. The summed E-state index contributed by atoms with van der Waals surface area (Å²) in [6.45, 7) is 7.41. The summed E-state index contributed by atoms with van der Waals surface area (Å²) in [4.78, 5) is 18.9. The van der Waals surface area contributed by atoms with E-state index in [1.54, 1.807) is 6.07 Å². The van der Waals surface area contributed by atoms with E-state index >= 15 is 0 Å². The lowest BCUT2D eigenvalue weighted by Crippen LogP contribution is -2.47. The van der Waals surface area contributed by atoms with Crippen molar-refractivity contribution < 1.29 is 4.92 Å². The zero-order chi connectivity index (χ0) is 14.5. The Labute approximate surface area is 118 Å². The predicted octanol–water partition coefficient (Wildman–Crippen LogP) is 1.04. The molecule has 0 radical (unpaired) electrons. The molecule has 2 rings (SSSR count). The average Bonchev–Trinajstić information content (AvgIpc) is 2.42. The SMILES string of the molecule is CC(CN1CCN(C)CC1)Nc1ccc([N+](=O)[O-])cn1. The number of nitro groups is 1. The zero-order valence-electron chi connectivity index (χ0n) is 12.0. The highest BCUT2D eigenvalue weighted by atomic mass is 16.6. The fourth-order valence-corrected chi connectivity index (χ4v) is 2.30. The average molecular weight is 279 g/mol. The Morgan fingerprint density at radius 1 is 1.40 bits per heavy atom. The molecule has 7 heteroatoms. The number of aromatic nitrogens is 1. The Hall–Kier alpha value is -1.73. The number of hydrogen-bond donors (Lipinski definition) is 1. The summed E-state index contributed by atoms with van der Waals surface area (Å²) in [5, 5.41) is 13.8. The van der Waals surface area contributed by atoms with Gasteiger partial charge in [-0.05, 0) is 20.0 Å². The van der Waals surface area contributed by atoms with Gasteiger partial charge in [0.15, 0.2) is 0 Å². The monoisotopic (exact) mass is 279 g/mol. The van der Waals surface area contributed by atoms with E-state index in [0.717, 1.165) is 32.7 Å². The zero-order valence-corrected chi connectivity index (χ0v) is 12.0. The molecule has 0 aromatic carbocycles. The van der Waals surface area contributed by atoms with Crippen molar-refractivity contribution in [3.8, 4) is 0 Å². The lowest BCUT2D eigenvalue weighted by atomic mass is 10.2. The van der Waals surface area contributed by atoms with Crippen molar-refractivity contribution in [2.45, 2.75) is 13.0 Å². The lowest BCUT2D eigenvalue weighted by Gasteiger charge is -2.34. The Morgan fingerprint density at radius 3 is 2.65 bits per heavy atom. The number of nitrogens with zero attached hydrogens (tertiary/aromatic N) is 4. The van der Waals surface area contributed by atoms with Crippen LogP contribution < -0.4 is 5.32 Å². The van der Waals surface area contributed by atoms with E-state index < -0.39 is 4.92 Å². The molecule has 1 unspecified atom stereocenters. The van der Waals surface area contributed by atoms with Gasteiger partial charge in [0.25, 0.3) is 5.69 Å². The van der Waals surface area contributed by atoms with Crippen LogP contribution in [-0.4, -0.2) is 65.5 Å². The van der Waals surface area contributed by atoms with Crippen LogP contribution in [0, 0.1) is 10.1 Å². The van der Waals surface area contributed by atoms with Crippen LogP contribution in [0.4, 0.5) is 11.5 Å². The van der Waals surface area contributed by atoms with Crippen molar-refractivity contribution in [1.29, 1.82) is 0 Å². The maximum absolute atomic E-state index is 10.6. The minimum absolute atomic E-state index is 0.0160. The van der Waals surface area contributed by atoms with Crippen LogP contribution in [0.3, 0.4) is 0 Å². The number of piperazine rings is 1. The van der Waals surface area contributed by atoms with Gasteiger partial charge in [-0.15, -0.1) is 0 Å². The second kappa shape index (κ2) is 6.62. The highest BCUT2D eigenvalue weighted by molar-refractivity contribution is 5.40. The molecular weight excluding hydrogens is 258 g/mol. The molecule has 0 spiro atoms. The van der Waals surface area contributed by atoms with Crippen LogP contribution in [0.2, 0.25) is 0 Å². The summed E-state index contributed by atoms with van der Waals surface area (Å²) >= 11 is 0. The van der Waals surface area contributed by atoms with Gasteiger partial charge < -0.3 is 10.2 Å². The van der Waals surface area contributed by atoms with E-state index in [-0.39, 0.29) is 11.7 Å². The first kappa shape index (κ1) is 14.7. The van der Waals surface area contributed by atoms with Crippen molar-refractivity contribution in [1.82, 2.24) is 14.8 Å². The van der Waals surface area contributed by atoms with Gasteiger partial charge in [0.05, 0.1) is 4.92 Å². The van der Waals surface area contributed by atoms with Gasteiger partial charge in [-0.25, -0.2) is 4.98 Å². The Bertz CT molecular complexity index is 443. The van der Waals surface area contributed by atoms with Crippen LogP contribution in [0.25, 0.3) is 0 Å². The number of anilines is 1. The molecule has 1 saturated heterocycles. The van der Waals surface area contributed by atoms with Crippen LogP contribution in [0.1, 0.15) is 6.92 Å². The van der Waals surface area contributed by atoms with E-state index in [4.69, 9.17) is 0 Å². The first-order chi connectivity index (χ1) is 9.54. The van der Waals surface area contributed by atoms with Crippen LogP contribution in [0.5, 0.6) is 0 Å². The van der Waals surface area contributed by atoms with Crippen molar-refractivity contribution in [2.75, 3.05) is 45.1 Å². The molecule has 0 saturated carbocycles. The summed E-state index contributed by atoms with van der Waals surface area (Å²) < 4.78 is 0. The number of nitrogens with one attached hydrogen (secondary N) is 1. The predicted molar refractivity (Wildman–Crippen MR) is 77.9 cm³/mol. The van der Waals surface area contributed by atoms with Gasteiger partial charge in [0, 0.05) is 44.8 Å². The van der Waals surface area contributed by atoms with Gasteiger partial charge in [0.2, 0.25) is 0 Å². The Morgan fingerprint density at radius 2 is 2.10 bits per heavy atom. The molecule has 1 aromatic rings. The summed E-state index contributed by atoms with van der Waals surface area (Å²) in [6, 6.07) is 3.38. The molecule has 0 bridgehead atoms. The lowest BCUT2D eigenvalue weighted by molar-refractivity contribution is -0.385. The Kier molecular flexibility index (Phi) is 4.86. The molecule has 0 amide bonds. The van der Waals surface area contributed by atoms with Gasteiger partial charge in [-0.3, -0.25) is 15.0 Å². The molecule has 0 aliphatic carbocycles. The van der Waals surface area contributed by atoms with Gasteiger partial charge in [-0.1, -0.05) is 0 Å². The van der Waals surface area contributed by atoms with Gasteiger partial charge >= 0.3 is 0 Å². The quantitative estimate of drug-likeness (QED) is 0.641. The molecule has 110 valence electrons. The summed E-state index contributed by atoms with van der Waals surface area (Å²) in [5.41, 5.74) is 0.0160. The van der Waals surface area contributed by atoms with E-state index in [2.05, 4.69) is 34.1 Å². The highest BCUT2D eigenvalue weighted by Crippen LogP contribution is 2.13. The Balaban J connectivity index is 1.81. The second-order valence-corrected chi connectivity index (χ2v) is 5.31. The van der Waals surface area contributed by atoms with Crippen molar-refractivity contribution >= 4 is 11.5 Å². The minimum Gasteiger partial charge on any atom is -0.366 e. The standard InChI is InChI=1S/C13H21N5O2/c1-11(10-17-7-5-16(2)6-8-17)15-13-4-3-12(9-14-13)18(19)20/h3-4,9,11H,5-8,10H2,1-2H3,(H,14,15). The number of hydrogen-bond acceptors (Lipinski definition) is 6. The first-order valence-corrected chi connectivity index (χ1v) is 6.82. The molecule has 1 aliphatic heterocycles. The molecule has 20 heavy (non-hydrogen) atoms. The van der Waals surface area contributed by atoms with E-state index in [1.807, 2.05) is 0 Å². The third kappa shape index (κ3) is 4.14. The summed E-state index contributed by atoms with van der Waals surface area (Å²) in [7, 11) is 2.14. The molecule has 1 aliphatic rings. The van der Waals surface area contributed by atoms with Gasteiger partial charge in [0.1, 0.15) is 12.0 Å². The molecule has 1 N–H and O–H groups in total.